The lowest BCUT2D eigenvalue weighted by Crippen LogP contribution is -2.83. The number of aromatic hydroxyl groups is 1. The zero-order valence-corrected chi connectivity index (χ0v) is 31.5. The zero-order valence-electron chi connectivity index (χ0n) is 29.9. The Labute approximate surface area is 308 Å². The Kier molecular flexibility index (Phi) is 10.6. The Morgan fingerprint density at radius 2 is 1.83 bits per heavy atom. The van der Waals surface area contributed by atoms with Gasteiger partial charge in [0.25, 0.3) is 0 Å². The van der Waals surface area contributed by atoms with Crippen molar-refractivity contribution in [2.24, 2.45) is 17.3 Å². The monoisotopic (exact) mass is 792 g/mol. The highest BCUT2D eigenvalue weighted by Gasteiger charge is 2.77. The second-order valence-electron chi connectivity index (χ2n) is 14.9. The van der Waals surface area contributed by atoms with Gasteiger partial charge in [-0.3, -0.25) is 9.59 Å². The van der Waals surface area contributed by atoms with Gasteiger partial charge in [-0.1, -0.05) is 19.9 Å². The first-order chi connectivity index (χ1) is 24.2. The lowest BCUT2D eigenvalue weighted by atomic mass is 9.46. The van der Waals surface area contributed by atoms with Gasteiger partial charge >= 0.3 is 23.8 Å². The molecular weight excluding hydrogens is 748 g/mol. The Morgan fingerprint density at radius 1 is 1.13 bits per heavy atom. The minimum Gasteiger partial charge on any atom is -0.507 e. The van der Waals surface area contributed by atoms with E-state index < -0.39 is 81.9 Å². The van der Waals surface area contributed by atoms with E-state index in [0.29, 0.717) is 21.8 Å². The van der Waals surface area contributed by atoms with E-state index >= 15 is 0 Å². The number of benzene rings is 1. The largest absolute Gasteiger partial charge is 0.507 e. The second kappa shape index (κ2) is 14.1. The van der Waals surface area contributed by atoms with Crippen LogP contribution < -0.4 is 10.9 Å². The number of hydrogen-bond acceptors (Lipinski definition) is 13. The summed E-state index contributed by atoms with van der Waals surface area (Å²) in [6.45, 7) is 11.3. The normalized spacial score (nSPS) is 32.2. The summed E-state index contributed by atoms with van der Waals surface area (Å²) in [6, 6.07) is 3.97. The number of alkyl carbamates (subject to hydrolysis) is 1. The molecule has 16 heteroatoms. The number of ether oxygens (including phenoxy) is 4. The van der Waals surface area contributed by atoms with E-state index in [4.69, 9.17) is 23.4 Å². The maximum absolute atomic E-state index is 14.0. The van der Waals surface area contributed by atoms with Crippen LogP contribution in [0, 0.1) is 17.3 Å². The number of nitrogens with zero attached hydrogens (tertiary/aromatic N) is 1. The number of hydrogen-bond donors (Lipinski definition) is 4. The van der Waals surface area contributed by atoms with Crippen molar-refractivity contribution in [3.05, 3.63) is 51.3 Å². The Balaban J connectivity index is 1.32. The molecule has 5 rings (SSSR count). The molecule has 52 heavy (non-hydrogen) atoms. The average Bonchev–Trinajstić information content (AvgIpc) is 3.05. The molecule has 1 aliphatic heterocycles. The SMILES string of the molecule is C=C[C@@]1(C)CC(=O)[C@]2(O)[C@@H]3[C@@H]([C@H](OC(=O)NCCN(C)C(=O)OCc4cc(=O)oc5cc(O)c(Br)cc45)[C@H](OC(C)=O)[C@@]2(C)O1)C(C)(C)CC[C@@H]3O. The Hall–Kier alpha value is -3.99. The lowest BCUT2D eigenvalue weighted by Gasteiger charge is -2.66. The van der Waals surface area contributed by atoms with Crippen molar-refractivity contribution in [3.8, 4) is 5.75 Å². The molecule has 15 nitrogen and oxygen atoms in total. The zero-order chi connectivity index (χ0) is 38.6. The number of esters is 1. The standard InChI is InChI=1S/C36H45BrN2O13/c1-8-34(5)16-25(43)36(47)27-22(41)9-10-33(3,4)28(27)29(30(49-18(2)40)35(36,6)52-34)51-31(45)38-11-12-39(7)32(46)48-17-19-13-26(44)50-24-15-23(42)21(37)14-20(19)24/h8,13-15,22,27-30,41-42,47H,1,9-12,16-17H2,2-7H3,(H,38,45)/t22-,27-,28-,29-,30-,34-,35+,36-/m0/s1. The third-order valence-corrected chi connectivity index (χ3v) is 11.5. The van der Waals surface area contributed by atoms with E-state index in [1.54, 1.807) is 6.92 Å². The van der Waals surface area contributed by atoms with Gasteiger partial charge in [-0.05, 0) is 54.1 Å². The van der Waals surface area contributed by atoms with E-state index in [1.807, 2.05) is 13.8 Å². The number of Topliss-reactive ketones (excluding diaryl/α,β-unsaturated/α-hetero) is 1. The van der Waals surface area contributed by atoms with E-state index in [0.717, 1.165) is 6.92 Å². The predicted molar refractivity (Wildman–Crippen MR) is 187 cm³/mol. The van der Waals surface area contributed by atoms with Gasteiger partial charge in [-0.15, -0.1) is 6.58 Å². The van der Waals surface area contributed by atoms with Gasteiger partial charge < -0.3 is 48.9 Å². The van der Waals surface area contributed by atoms with Gasteiger partial charge in [0, 0.05) is 68.4 Å². The van der Waals surface area contributed by atoms with E-state index in [2.05, 4.69) is 27.8 Å². The van der Waals surface area contributed by atoms with E-state index in [1.165, 1.54) is 43.1 Å². The topological polar surface area (TPSA) is 211 Å². The molecule has 3 fully saturated rings. The van der Waals surface area contributed by atoms with Crippen LogP contribution in [-0.4, -0.2) is 99.4 Å². The highest BCUT2D eigenvalue weighted by molar-refractivity contribution is 9.10. The predicted octanol–water partition coefficient (Wildman–Crippen LogP) is 3.71. The Bertz CT molecular complexity index is 1850. The summed E-state index contributed by atoms with van der Waals surface area (Å²) in [4.78, 5) is 66.1. The molecule has 1 aromatic heterocycles. The number of aliphatic hydroxyl groups excluding tert-OH is 1. The fourth-order valence-electron chi connectivity index (χ4n) is 8.20. The molecule has 0 radical (unpaired) electrons. The highest BCUT2D eigenvalue weighted by atomic mass is 79.9. The molecule has 2 amide bonds. The first kappa shape index (κ1) is 39.2. The third-order valence-electron chi connectivity index (χ3n) is 10.8. The number of carbonyl (C=O) groups is 4. The highest BCUT2D eigenvalue weighted by Crippen LogP contribution is 2.61. The number of likely N-dealkylation sites (N-methyl/N-ethyl adjacent to an activating group) is 1. The summed E-state index contributed by atoms with van der Waals surface area (Å²) in [5, 5.41) is 36.8. The molecule has 2 heterocycles. The number of rotatable bonds is 8. The minimum absolute atomic E-state index is 0.0356. The van der Waals surface area contributed by atoms with Gasteiger partial charge in [0.1, 0.15) is 29.6 Å². The molecule has 0 unspecified atom stereocenters. The first-order valence-electron chi connectivity index (χ1n) is 16.9. The van der Waals surface area contributed by atoms with Crippen molar-refractivity contribution in [2.75, 3.05) is 20.1 Å². The van der Waals surface area contributed by atoms with Gasteiger partial charge in [-0.2, -0.15) is 0 Å². The number of carbonyl (C=O) groups excluding carboxylic acids is 4. The third kappa shape index (κ3) is 6.93. The van der Waals surface area contributed by atoms with Gasteiger partial charge in [0.15, 0.2) is 17.5 Å². The van der Waals surface area contributed by atoms with Gasteiger partial charge in [-0.25, -0.2) is 14.4 Å². The summed E-state index contributed by atoms with van der Waals surface area (Å²) >= 11 is 3.21. The van der Waals surface area contributed by atoms with Crippen LogP contribution in [0.2, 0.25) is 0 Å². The summed E-state index contributed by atoms with van der Waals surface area (Å²) < 4.78 is 29.1. The maximum atomic E-state index is 14.0. The minimum atomic E-state index is -2.31. The molecule has 8 atom stereocenters. The van der Waals surface area contributed by atoms with Crippen molar-refractivity contribution in [1.82, 2.24) is 10.2 Å². The average molecular weight is 794 g/mol. The number of ketones is 1. The molecule has 1 saturated heterocycles. The van der Waals surface area contributed by atoms with Crippen molar-refractivity contribution in [3.63, 3.8) is 0 Å². The first-order valence-corrected chi connectivity index (χ1v) is 17.7. The number of phenolic OH excluding ortho intramolecular Hbond substituents is 1. The van der Waals surface area contributed by atoms with Crippen LogP contribution >= 0.6 is 15.9 Å². The van der Waals surface area contributed by atoms with Gasteiger partial charge in [0.2, 0.25) is 0 Å². The smallest absolute Gasteiger partial charge is 0.409 e. The molecule has 4 N–H and O–H groups in total. The summed E-state index contributed by atoms with van der Waals surface area (Å²) in [7, 11) is 1.44. The van der Waals surface area contributed by atoms with Crippen LogP contribution in [0.5, 0.6) is 5.75 Å². The lowest BCUT2D eigenvalue weighted by molar-refractivity contribution is -0.343. The number of halogens is 1. The van der Waals surface area contributed by atoms with Crippen molar-refractivity contribution in [1.29, 1.82) is 0 Å². The summed E-state index contributed by atoms with van der Waals surface area (Å²) in [5.41, 5.74) is -6.51. The van der Waals surface area contributed by atoms with Crippen molar-refractivity contribution >= 4 is 50.8 Å². The number of aliphatic hydroxyl groups is 2. The molecule has 2 saturated carbocycles. The van der Waals surface area contributed by atoms with Crippen LogP contribution in [0.15, 0.2) is 44.5 Å². The summed E-state index contributed by atoms with van der Waals surface area (Å²) in [5.74, 6) is -3.52. The number of phenols is 1. The van der Waals surface area contributed by atoms with E-state index in [9.17, 15) is 39.3 Å². The van der Waals surface area contributed by atoms with Crippen LogP contribution in [-0.2, 0) is 35.1 Å². The van der Waals surface area contributed by atoms with E-state index in [-0.39, 0.29) is 43.9 Å². The fourth-order valence-corrected chi connectivity index (χ4v) is 8.54. The number of fused-ring (bicyclic) bond motifs is 4. The molecule has 284 valence electrons. The quantitative estimate of drug-likeness (QED) is 0.130. The second-order valence-corrected chi connectivity index (χ2v) is 15.8. The van der Waals surface area contributed by atoms with Crippen LogP contribution in [0.1, 0.15) is 59.4 Å². The molecule has 1 aromatic carbocycles. The van der Waals surface area contributed by atoms with Gasteiger partial charge in [0.05, 0.1) is 16.2 Å². The molecule has 2 aromatic rings. The van der Waals surface area contributed by atoms with Crippen LogP contribution in [0.25, 0.3) is 11.0 Å². The van der Waals surface area contributed by atoms with Crippen LogP contribution in [0.3, 0.4) is 0 Å². The molecule has 0 bridgehead atoms. The molecule has 3 aliphatic rings. The van der Waals surface area contributed by atoms with Crippen molar-refractivity contribution in [2.45, 2.75) is 95.6 Å². The van der Waals surface area contributed by atoms with Crippen LogP contribution in [0.4, 0.5) is 9.59 Å². The summed E-state index contributed by atoms with van der Waals surface area (Å²) in [6.07, 6.45) is -3.77. The Morgan fingerprint density at radius 3 is 2.48 bits per heavy atom. The number of nitrogens with one attached hydrogen (secondary N) is 1. The molecule has 0 spiro atoms. The maximum Gasteiger partial charge on any atom is 0.409 e. The van der Waals surface area contributed by atoms with Crippen molar-refractivity contribution < 1.29 is 57.9 Å². The molecular formula is C36H45BrN2O13. The fraction of sp³-hybridized carbons (Fsp3) is 0.583. The molecule has 2 aliphatic carbocycles. The number of amides is 2.